The summed E-state index contributed by atoms with van der Waals surface area (Å²) in [7, 11) is 0. The summed E-state index contributed by atoms with van der Waals surface area (Å²) in [5.74, 6) is 0.195. The Kier molecular flexibility index (Phi) is 5.62. The molecule has 1 aromatic carbocycles. The van der Waals surface area contributed by atoms with Gasteiger partial charge in [0.2, 0.25) is 5.88 Å². The molecular weight excluding hydrogens is 354 g/mol. The predicted octanol–water partition coefficient (Wildman–Crippen LogP) is 1.88. The maximum Gasteiger partial charge on any atom is 0.331 e. The number of nitrogen functional groups attached to an aromatic ring is 1. The number of hydrogen-bond acceptors (Lipinski definition) is 5. The van der Waals surface area contributed by atoms with Gasteiger partial charge < -0.3 is 15.7 Å². The van der Waals surface area contributed by atoms with E-state index in [0.29, 0.717) is 6.54 Å². The van der Waals surface area contributed by atoms with E-state index in [1.165, 1.54) is 5.69 Å². The van der Waals surface area contributed by atoms with E-state index in [9.17, 15) is 9.90 Å². The third-order valence-electron chi connectivity index (χ3n) is 6.06. The highest BCUT2D eigenvalue weighted by molar-refractivity contribution is 5.56. The van der Waals surface area contributed by atoms with Crippen LogP contribution in [0, 0.1) is 0 Å². The minimum atomic E-state index is -0.0389. The first-order valence-corrected chi connectivity index (χ1v) is 10.5. The first-order valence-electron chi connectivity index (χ1n) is 10.5. The van der Waals surface area contributed by atoms with E-state index in [1.807, 2.05) is 18.2 Å². The first kappa shape index (κ1) is 18.9. The number of unbranched alkanes of at least 4 members (excludes halogenated alkanes) is 1. The number of aromatic nitrogens is 2. The fourth-order valence-electron chi connectivity index (χ4n) is 4.43. The summed E-state index contributed by atoms with van der Waals surface area (Å²) in [6.07, 6.45) is 4.83. The molecule has 2 aliphatic heterocycles. The summed E-state index contributed by atoms with van der Waals surface area (Å²) in [6.45, 7) is 6.49. The van der Waals surface area contributed by atoms with Gasteiger partial charge in [-0.2, -0.15) is 0 Å². The van der Waals surface area contributed by atoms with Gasteiger partial charge in [0.15, 0.2) is 0 Å². The molecule has 2 aliphatic rings. The largest absolute Gasteiger partial charge is 0.493 e. The fraction of sp³-hybridized carbons (Fsp3) is 0.571. The summed E-state index contributed by atoms with van der Waals surface area (Å²) >= 11 is 0. The Balaban J connectivity index is 1.23. The van der Waals surface area contributed by atoms with Gasteiger partial charge in [-0.1, -0.05) is 6.07 Å². The van der Waals surface area contributed by atoms with Crippen LogP contribution < -0.4 is 16.3 Å². The van der Waals surface area contributed by atoms with Crippen molar-refractivity contribution in [3.05, 3.63) is 40.4 Å². The molecule has 152 valence electrons. The van der Waals surface area contributed by atoms with Gasteiger partial charge in [0.05, 0.1) is 5.69 Å². The van der Waals surface area contributed by atoms with Crippen LogP contribution in [0.5, 0.6) is 5.88 Å². The van der Waals surface area contributed by atoms with E-state index in [1.54, 1.807) is 9.13 Å². The van der Waals surface area contributed by atoms with Crippen molar-refractivity contribution in [2.75, 3.05) is 43.4 Å². The molecule has 4 rings (SSSR count). The minimum Gasteiger partial charge on any atom is -0.493 e. The van der Waals surface area contributed by atoms with Crippen LogP contribution in [0.3, 0.4) is 0 Å². The van der Waals surface area contributed by atoms with Crippen LogP contribution in [-0.2, 0) is 19.5 Å². The SMILES string of the molecule is Nc1cccc(N2CCN(CCCCn3c(O)c4n(c3=O)CCCC4)CC2)c1. The Hall–Kier alpha value is -2.41. The molecule has 0 radical (unpaired) electrons. The topological polar surface area (TPSA) is 79.7 Å². The van der Waals surface area contributed by atoms with Crippen LogP contribution >= 0.6 is 0 Å². The molecule has 3 heterocycles. The van der Waals surface area contributed by atoms with Crippen LogP contribution in [0.25, 0.3) is 0 Å². The van der Waals surface area contributed by atoms with Crippen molar-refractivity contribution < 1.29 is 5.11 Å². The van der Waals surface area contributed by atoms with E-state index in [-0.39, 0.29) is 11.6 Å². The number of fused-ring (bicyclic) bond motifs is 1. The van der Waals surface area contributed by atoms with Gasteiger partial charge in [0.1, 0.15) is 0 Å². The lowest BCUT2D eigenvalue weighted by Crippen LogP contribution is -2.46. The standard InChI is InChI=1S/C21H31N5O2/c22-17-6-5-7-18(16-17)24-14-12-23(13-15-24)9-3-4-11-26-20(27)19-8-1-2-10-25(19)21(26)28/h5-7,16,27H,1-4,8-15,22H2. The molecule has 0 amide bonds. The van der Waals surface area contributed by atoms with Crippen LogP contribution in [-0.4, -0.2) is 51.9 Å². The molecule has 0 atom stereocenters. The molecule has 0 spiro atoms. The number of hydrogen-bond donors (Lipinski definition) is 2. The molecule has 3 N–H and O–H groups in total. The Morgan fingerprint density at radius 3 is 2.54 bits per heavy atom. The van der Waals surface area contributed by atoms with Gasteiger partial charge in [-0.15, -0.1) is 0 Å². The maximum absolute atomic E-state index is 12.5. The zero-order valence-corrected chi connectivity index (χ0v) is 16.5. The van der Waals surface area contributed by atoms with Gasteiger partial charge >= 0.3 is 5.69 Å². The number of benzene rings is 1. The molecule has 0 aliphatic carbocycles. The Morgan fingerprint density at radius 1 is 1.00 bits per heavy atom. The van der Waals surface area contributed by atoms with Crippen LogP contribution in [0.4, 0.5) is 11.4 Å². The quantitative estimate of drug-likeness (QED) is 0.586. The summed E-state index contributed by atoms with van der Waals surface area (Å²) in [5, 5.41) is 10.4. The van der Waals surface area contributed by atoms with Gasteiger partial charge in [-0.05, 0) is 56.8 Å². The van der Waals surface area contributed by atoms with Crippen LogP contribution in [0.2, 0.25) is 0 Å². The number of anilines is 2. The number of nitrogens with zero attached hydrogens (tertiary/aromatic N) is 4. The van der Waals surface area contributed by atoms with Gasteiger partial charge in [-0.25, -0.2) is 4.79 Å². The van der Waals surface area contributed by atoms with Crippen LogP contribution in [0.15, 0.2) is 29.1 Å². The maximum atomic E-state index is 12.5. The van der Waals surface area contributed by atoms with Crippen molar-refractivity contribution in [3.8, 4) is 5.88 Å². The molecular formula is C21H31N5O2. The lowest BCUT2D eigenvalue weighted by molar-refractivity contribution is 0.250. The highest BCUT2D eigenvalue weighted by Gasteiger charge is 2.21. The Labute approximate surface area is 166 Å². The van der Waals surface area contributed by atoms with E-state index in [0.717, 1.165) is 82.8 Å². The number of aromatic hydroxyl groups is 1. The smallest absolute Gasteiger partial charge is 0.331 e. The van der Waals surface area contributed by atoms with E-state index < -0.39 is 0 Å². The van der Waals surface area contributed by atoms with Crippen LogP contribution in [0.1, 0.15) is 31.4 Å². The minimum absolute atomic E-state index is 0.0389. The number of imidazole rings is 1. The summed E-state index contributed by atoms with van der Waals surface area (Å²) < 4.78 is 3.33. The predicted molar refractivity (Wildman–Crippen MR) is 112 cm³/mol. The molecule has 0 bridgehead atoms. The third kappa shape index (κ3) is 3.90. The average molecular weight is 386 g/mol. The highest BCUT2D eigenvalue weighted by atomic mass is 16.3. The van der Waals surface area contributed by atoms with Gasteiger partial charge in [0, 0.05) is 50.6 Å². The van der Waals surface area contributed by atoms with E-state index >= 15 is 0 Å². The second kappa shape index (κ2) is 8.31. The van der Waals surface area contributed by atoms with E-state index in [2.05, 4.69) is 15.9 Å². The normalized spacial score (nSPS) is 17.6. The van der Waals surface area contributed by atoms with Crippen molar-refractivity contribution in [1.82, 2.24) is 14.0 Å². The molecule has 7 nitrogen and oxygen atoms in total. The summed E-state index contributed by atoms with van der Waals surface area (Å²) in [5.41, 5.74) is 8.69. The van der Waals surface area contributed by atoms with Crippen molar-refractivity contribution in [2.24, 2.45) is 0 Å². The summed E-state index contributed by atoms with van der Waals surface area (Å²) in [4.78, 5) is 17.3. The number of rotatable bonds is 6. The lowest BCUT2D eigenvalue weighted by Gasteiger charge is -2.36. The first-order chi connectivity index (χ1) is 13.6. The number of piperazine rings is 1. The zero-order chi connectivity index (χ0) is 19.5. The van der Waals surface area contributed by atoms with Gasteiger partial charge in [-0.3, -0.25) is 14.0 Å². The second-order valence-corrected chi connectivity index (χ2v) is 7.94. The molecule has 1 aromatic heterocycles. The average Bonchev–Trinajstić information content (AvgIpc) is 2.96. The molecule has 0 unspecified atom stereocenters. The highest BCUT2D eigenvalue weighted by Crippen LogP contribution is 2.23. The number of nitrogens with two attached hydrogens (primary N) is 1. The molecule has 1 saturated heterocycles. The third-order valence-corrected chi connectivity index (χ3v) is 6.06. The van der Waals surface area contributed by atoms with Crippen molar-refractivity contribution in [2.45, 2.75) is 45.2 Å². The van der Waals surface area contributed by atoms with Gasteiger partial charge in [0.25, 0.3) is 0 Å². The van der Waals surface area contributed by atoms with Crippen molar-refractivity contribution in [3.63, 3.8) is 0 Å². The Morgan fingerprint density at radius 2 is 1.79 bits per heavy atom. The molecule has 0 saturated carbocycles. The monoisotopic (exact) mass is 385 g/mol. The Bertz CT molecular complexity index is 864. The fourth-order valence-corrected chi connectivity index (χ4v) is 4.43. The van der Waals surface area contributed by atoms with Crippen molar-refractivity contribution in [1.29, 1.82) is 0 Å². The lowest BCUT2D eigenvalue weighted by atomic mass is 10.1. The molecule has 2 aromatic rings. The molecule has 28 heavy (non-hydrogen) atoms. The molecule has 1 fully saturated rings. The zero-order valence-electron chi connectivity index (χ0n) is 16.5. The van der Waals surface area contributed by atoms with E-state index in [4.69, 9.17) is 5.73 Å². The second-order valence-electron chi connectivity index (χ2n) is 7.94. The van der Waals surface area contributed by atoms with Crippen molar-refractivity contribution >= 4 is 11.4 Å². The summed E-state index contributed by atoms with van der Waals surface area (Å²) in [6, 6.07) is 8.09. The molecule has 7 heteroatoms.